The van der Waals surface area contributed by atoms with Crippen molar-refractivity contribution >= 4 is 19.2 Å². The molecule has 1 aliphatic heterocycles. The summed E-state index contributed by atoms with van der Waals surface area (Å²) in [5.41, 5.74) is 0.174. The number of ether oxygens (including phenoxy) is 1. The van der Waals surface area contributed by atoms with E-state index >= 15 is 0 Å². The largest absolute Gasteiger partial charge is 0.487 e. The molecule has 0 aliphatic carbocycles. The molecule has 1 saturated heterocycles. The molecule has 1 fully saturated rings. The van der Waals surface area contributed by atoms with E-state index in [0.717, 1.165) is 0 Å². The van der Waals surface area contributed by atoms with Gasteiger partial charge in [-0.1, -0.05) is 12.0 Å². The molecule has 0 spiro atoms. The van der Waals surface area contributed by atoms with Crippen molar-refractivity contribution in [2.45, 2.75) is 38.9 Å². The van der Waals surface area contributed by atoms with Gasteiger partial charge in [0.2, 0.25) is 0 Å². The highest BCUT2D eigenvalue weighted by molar-refractivity contribution is 6.52. The van der Waals surface area contributed by atoms with Gasteiger partial charge in [0.25, 0.3) is 0 Å². The molecule has 1 aromatic heterocycles. The Kier molecular flexibility index (Phi) is 4.21. The van der Waals surface area contributed by atoms with Gasteiger partial charge in [-0.15, -0.1) is 0 Å². The molecule has 0 saturated carbocycles. The Bertz CT molecular complexity index is 553. The van der Waals surface area contributed by atoms with E-state index in [-0.39, 0.29) is 16.9 Å². The molecule has 21 heavy (non-hydrogen) atoms. The summed E-state index contributed by atoms with van der Waals surface area (Å²) in [6.45, 7) is 7.99. The maximum absolute atomic E-state index is 11.4. The quantitative estimate of drug-likeness (QED) is 0.632. The summed E-state index contributed by atoms with van der Waals surface area (Å²) in [5, 5.41) is 0. The highest BCUT2D eigenvalue weighted by Crippen LogP contribution is 2.36. The maximum Gasteiger partial charge on any atom is 0.487 e. The Morgan fingerprint density at radius 3 is 2.43 bits per heavy atom. The van der Waals surface area contributed by atoms with Gasteiger partial charge in [-0.2, -0.15) is 0 Å². The summed E-state index contributed by atoms with van der Waals surface area (Å²) in [5.74, 6) is 1.33. The number of pyridine rings is 1. The summed E-state index contributed by atoms with van der Waals surface area (Å²) in [4.78, 5) is 15.6. The molecular formula is C15H20BNO4. The minimum absolute atomic E-state index is 0.272. The van der Waals surface area contributed by atoms with Gasteiger partial charge in [0, 0.05) is 0 Å². The van der Waals surface area contributed by atoms with Gasteiger partial charge in [-0.25, -0.2) is 9.78 Å². The summed E-state index contributed by atoms with van der Waals surface area (Å²) in [6, 6.07) is 5.16. The van der Waals surface area contributed by atoms with Crippen LogP contribution >= 0.6 is 0 Å². The van der Waals surface area contributed by atoms with Crippen molar-refractivity contribution in [2.75, 3.05) is 7.11 Å². The fraction of sp³-hybridized carbons (Fsp3) is 0.467. The maximum atomic E-state index is 11.4. The zero-order valence-electron chi connectivity index (χ0n) is 13.0. The van der Waals surface area contributed by atoms with Gasteiger partial charge >= 0.3 is 13.1 Å². The van der Waals surface area contributed by atoms with Crippen LogP contribution in [0.4, 0.5) is 0 Å². The third kappa shape index (κ3) is 3.33. The zero-order chi connectivity index (χ0) is 15.7. The summed E-state index contributed by atoms with van der Waals surface area (Å²) < 4.78 is 16.4. The van der Waals surface area contributed by atoms with Crippen molar-refractivity contribution in [3.63, 3.8) is 0 Å². The second-order valence-electron chi connectivity index (χ2n) is 5.92. The van der Waals surface area contributed by atoms with Crippen LogP contribution in [0.1, 0.15) is 43.9 Å². The van der Waals surface area contributed by atoms with Crippen LogP contribution in [0.25, 0.3) is 6.08 Å². The van der Waals surface area contributed by atoms with Gasteiger partial charge in [0.05, 0.1) is 24.0 Å². The number of hydrogen-bond donors (Lipinski definition) is 0. The molecule has 0 amide bonds. The SMILES string of the molecule is COC(=O)c1cccc(/C=C/B2OC(C)(C)C(C)(C)O2)n1. The number of hydrogen-bond acceptors (Lipinski definition) is 5. The Hall–Kier alpha value is -1.66. The average molecular weight is 289 g/mol. The molecule has 2 heterocycles. The van der Waals surface area contributed by atoms with Crippen molar-refractivity contribution < 1.29 is 18.8 Å². The molecule has 0 atom stereocenters. The van der Waals surface area contributed by atoms with E-state index in [9.17, 15) is 4.79 Å². The second kappa shape index (κ2) is 5.62. The lowest BCUT2D eigenvalue weighted by molar-refractivity contribution is 0.00578. The van der Waals surface area contributed by atoms with E-state index in [0.29, 0.717) is 5.69 Å². The second-order valence-corrected chi connectivity index (χ2v) is 5.92. The number of nitrogens with zero attached hydrogens (tertiary/aromatic N) is 1. The summed E-state index contributed by atoms with van der Waals surface area (Å²) in [6.07, 6.45) is 1.77. The molecule has 112 valence electrons. The fourth-order valence-corrected chi connectivity index (χ4v) is 1.91. The Balaban J connectivity index is 2.11. The molecule has 0 unspecified atom stereocenters. The van der Waals surface area contributed by atoms with Crippen LogP contribution in [-0.4, -0.2) is 36.4 Å². The van der Waals surface area contributed by atoms with E-state index in [1.165, 1.54) is 7.11 Å². The lowest BCUT2D eigenvalue weighted by Crippen LogP contribution is -2.41. The predicted octanol–water partition coefficient (Wildman–Crippen LogP) is 2.51. The average Bonchev–Trinajstić information content (AvgIpc) is 2.64. The smallest absolute Gasteiger partial charge is 0.464 e. The molecule has 0 N–H and O–H groups in total. The third-order valence-corrected chi connectivity index (χ3v) is 3.86. The van der Waals surface area contributed by atoms with Crippen LogP contribution < -0.4 is 0 Å². The molecule has 0 aromatic carbocycles. The van der Waals surface area contributed by atoms with Gasteiger partial charge in [0.1, 0.15) is 5.69 Å². The lowest BCUT2D eigenvalue weighted by atomic mass is 9.89. The first-order chi connectivity index (χ1) is 9.75. The highest BCUT2D eigenvalue weighted by atomic mass is 16.7. The van der Waals surface area contributed by atoms with E-state index in [1.54, 1.807) is 30.3 Å². The minimum Gasteiger partial charge on any atom is -0.464 e. The van der Waals surface area contributed by atoms with Gasteiger partial charge in [-0.3, -0.25) is 0 Å². The normalized spacial score (nSPS) is 20.0. The van der Waals surface area contributed by atoms with Crippen LogP contribution in [0.3, 0.4) is 0 Å². The van der Waals surface area contributed by atoms with Crippen LogP contribution in [-0.2, 0) is 14.0 Å². The van der Waals surface area contributed by atoms with Crippen molar-refractivity contribution in [2.24, 2.45) is 0 Å². The Morgan fingerprint density at radius 2 is 1.86 bits per heavy atom. The molecule has 1 aliphatic rings. The molecule has 2 rings (SSSR count). The highest BCUT2D eigenvalue weighted by Gasteiger charge is 2.49. The fourth-order valence-electron chi connectivity index (χ4n) is 1.91. The first kappa shape index (κ1) is 15.7. The van der Waals surface area contributed by atoms with Crippen molar-refractivity contribution in [3.05, 3.63) is 35.6 Å². The lowest BCUT2D eigenvalue weighted by Gasteiger charge is -2.32. The van der Waals surface area contributed by atoms with Gasteiger partial charge in [0.15, 0.2) is 0 Å². The van der Waals surface area contributed by atoms with Crippen molar-refractivity contribution in [1.29, 1.82) is 0 Å². The Morgan fingerprint density at radius 1 is 1.24 bits per heavy atom. The van der Waals surface area contributed by atoms with Crippen LogP contribution in [0.5, 0.6) is 0 Å². The molecule has 0 bridgehead atoms. The molecule has 1 aromatic rings. The third-order valence-electron chi connectivity index (χ3n) is 3.86. The number of rotatable bonds is 3. The minimum atomic E-state index is -0.458. The summed E-state index contributed by atoms with van der Waals surface area (Å²) >= 11 is 0. The van der Waals surface area contributed by atoms with Crippen LogP contribution in [0, 0.1) is 0 Å². The summed E-state index contributed by atoms with van der Waals surface area (Å²) in [7, 11) is 0.898. The molecule has 6 heteroatoms. The van der Waals surface area contributed by atoms with Gasteiger partial charge < -0.3 is 14.0 Å². The van der Waals surface area contributed by atoms with Crippen LogP contribution in [0.15, 0.2) is 24.2 Å². The van der Waals surface area contributed by atoms with Crippen molar-refractivity contribution in [1.82, 2.24) is 4.98 Å². The van der Waals surface area contributed by atoms with Crippen LogP contribution in [0.2, 0.25) is 0 Å². The molecule has 0 radical (unpaired) electrons. The van der Waals surface area contributed by atoms with Gasteiger partial charge in [-0.05, 0) is 45.9 Å². The molecular weight excluding hydrogens is 269 g/mol. The number of esters is 1. The Labute approximate surface area is 125 Å². The first-order valence-electron chi connectivity index (χ1n) is 6.84. The zero-order valence-corrected chi connectivity index (χ0v) is 13.0. The number of methoxy groups -OCH3 is 1. The number of carbonyl (C=O) groups is 1. The van der Waals surface area contributed by atoms with E-state index < -0.39 is 13.1 Å². The number of aromatic nitrogens is 1. The van der Waals surface area contributed by atoms with E-state index in [1.807, 2.05) is 27.7 Å². The number of carbonyl (C=O) groups excluding carboxylic acids is 1. The topological polar surface area (TPSA) is 57.7 Å². The standard InChI is InChI=1S/C15H20BNO4/c1-14(2)15(3,4)21-16(20-14)10-9-11-7-6-8-12(17-11)13(18)19-5/h6-10H,1-5H3/b10-9+. The monoisotopic (exact) mass is 289 g/mol. The van der Waals surface area contributed by atoms with Crippen molar-refractivity contribution in [3.8, 4) is 0 Å². The molecule has 5 nitrogen and oxygen atoms in total. The van der Waals surface area contributed by atoms with E-state index in [4.69, 9.17) is 9.31 Å². The first-order valence-corrected chi connectivity index (χ1v) is 6.84. The predicted molar refractivity (Wildman–Crippen MR) is 80.7 cm³/mol. The van der Waals surface area contributed by atoms with E-state index in [2.05, 4.69) is 9.72 Å².